The normalized spacial score (nSPS) is 13.5. The van der Waals surface area contributed by atoms with Crippen LogP contribution in [0.3, 0.4) is 0 Å². The van der Waals surface area contributed by atoms with E-state index in [9.17, 15) is 0 Å². The van der Waals surface area contributed by atoms with Crippen LogP contribution in [0.5, 0.6) is 0 Å². The number of hydrogen-bond donors (Lipinski definition) is 1. The Hall–Kier alpha value is -0.0400. The van der Waals surface area contributed by atoms with Gasteiger partial charge in [0.25, 0.3) is 0 Å². The van der Waals surface area contributed by atoms with Gasteiger partial charge in [0.1, 0.15) is 0 Å². The SMILES string of the molecule is CCC(CC)(CCC(C)(C)C)CNC(C)C. The predicted molar refractivity (Wildman–Crippen MR) is 74.8 cm³/mol. The van der Waals surface area contributed by atoms with Crippen molar-refractivity contribution >= 4 is 0 Å². The molecule has 16 heavy (non-hydrogen) atoms. The predicted octanol–water partition coefficient (Wildman–Crippen LogP) is 4.62. The summed E-state index contributed by atoms with van der Waals surface area (Å²) in [5, 5.41) is 3.62. The van der Waals surface area contributed by atoms with Gasteiger partial charge in [0.05, 0.1) is 0 Å². The third kappa shape index (κ3) is 6.52. The van der Waals surface area contributed by atoms with Crippen LogP contribution in [0.1, 0.15) is 74.1 Å². The van der Waals surface area contributed by atoms with Gasteiger partial charge in [0, 0.05) is 12.6 Å². The summed E-state index contributed by atoms with van der Waals surface area (Å²) in [6.45, 7) is 17.4. The summed E-state index contributed by atoms with van der Waals surface area (Å²) in [6, 6.07) is 0.604. The van der Waals surface area contributed by atoms with Gasteiger partial charge in [-0.1, -0.05) is 48.5 Å². The summed E-state index contributed by atoms with van der Waals surface area (Å²) in [4.78, 5) is 0. The minimum atomic E-state index is 0.466. The molecule has 0 heterocycles. The van der Waals surface area contributed by atoms with E-state index in [1.165, 1.54) is 32.2 Å². The standard InChI is InChI=1S/C15H33N/c1-8-15(9-2,12-16-13(3)4)11-10-14(5,6)7/h13,16H,8-12H2,1-7H3. The zero-order valence-corrected chi connectivity index (χ0v) is 12.6. The Bertz CT molecular complexity index is 172. The molecule has 0 aliphatic rings. The molecule has 0 amide bonds. The Morgan fingerprint density at radius 2 is 1.44 bits per heavy atom. The highest BCUT2D eigenvalue weighted by Gasteiger charge is 2.27. The van der Waals surface area contributed by atoms with Gasteiger partial charge in [-0.05, 0) is 36.5 Å². The first-order valence-electron chi connectivity index (χ1n) is 6.98. The molecule has 0 aliphatic carbocycles. The van der Waals surface area contributed by atoms with E-state index in [0.717, 1.165) is 0 Å². The molecule has 0 radical (unpaired) electrons. The fourth-order valence-electron chi connectivity index (χ4n) is 2.00. The van der Waals surface area contributed by atoms with Crippen LogP contribution in [0.25, 0.3) is 0 Å². The van der Waals surface area contributed by atoms with Crippen LogP contribution < -0.4 is 5.32 Å². The van der Waals surface area contributed by atoms with Crippen molar-refractivity contribution in [1.82, 2.24) is 5.32 Å². The maximum Gasteiger partial charge on any atom is 0.00106 e. The van der Waals surface area contributed by atoms with Crippen molar-refractivity contribution in [2.75, 3.05) is 6.54 Å². The molecule has 98 valence electrons. The highest BCUT2D eigenvalue weighted by molar-refractivity contribution is 4.81. The molecule has 0 saturated carbocycles. The number of rotatable bonds is 7. The molecule has 1 N–H and O–H groups in total. The van der Waals surface area contributed by atoms with Gasteiger partial charge in [-0.15, -0.1) is 0 Å². The van der Waals surface area contributed by atoms with E-state index in [1.807, 2.05) is 0 Å². The van der Waals surface area contributed by atoms with E-state index < -0.39 is 0 Å². The summed E-state index contributed by atoms with van der Waals surface area (Å²) < 4.78 is 0. The van der Waals surface area contributed by atoms with Crippen molar-refractivity contribution in [3.05, 3.63) is 0 Å². The Kier molecular flexibility index (Phi) is 6.62. The second-order valence-electron chi connectivity index (χ2n) is 6.80. The van der Waals surface area contributed by atoms with Crippen LogP contribution in [-0.4, -0.2) is 12.6 Å². The lowest BCUT2D eigenvalue weighted by Gasteiger charge is -2.35. The molecule has 0 fully saturated rings. The topological polar surface area (TPSA) is 12.0 Å². The van der Waals surface area contributed by atoms with E-state index in [1.54, 1.807) is 0 Å². The monoisotopic (exact) mass is 227 g/mol. The molecule has 0 aliphatic heterocycles. The van der Waals surface area contributed by atoms with Gasteiger partial charge in [-0.3, -0.25) is 0 Å². The van der Waals surface area contributed by atoms with Gasteiger partial charge < -0.3 is 5.32 Å². The Balaban J connectivity index is 4.32. The second kappa shape index (κ2) is 6.64. The highest BCUT2D eigenvalue weighted by atomic mass is 14.9. The van der Waals surface area contributed by atoms with E-state index in [2.05, 4.69) is 53.8 Å². The first kappa shape index (κ1) is 16.0. The largest absolute Gasteiger partial charge is 0.314 e. The van der Waals surface area contributed by atoms with Crippen LogP contribution in [-0.2, 0) is 0 Å². The van der Waals surface area contributed by atoms with Crippen molar-refractivity contribution in [1.29, 1.82) is 0 Å². The molecule has 0 aromatic carbocycles. The van der Waals surface area contributed by atoms with Gasteiger partial charge in [0.2, 0.25) is 0 Å². The van der Waals surface area contributed by atoms with Crippen molar-refractivity contribution in [3.8, 4) is 0 Å². The van der Waals surface area contributed by atoms with Crippen LogP contribution in [0.2, 0.25) is 0 Å². The summed E-state index contributed by atoms with van der Waals surface area (Å²) in [5.41, 5.74) is 0.977. The fraction of sp³-hybridized carbons (Fsp3) is 1.00. The molecule has 0 rings (SSSR count). The zero-order valence-electron chi connectivity index (χ0n) is 12.6. The summed E-state index contributed by atoms with van der Waals surface area (Å²) >= 11 is 0. The number of hydrogen-bond acceptors (Lipinski definition) is 1. The molecule has 1 heteroatoms. The Morgan fingerprint density at radius 1 is 0.938 bits per heavy atom. The quantitative estimate of drug-likeness (QED) is 0.669. The fourth-order valence-corrected chi connectivity index (χ4v) is 2.00. The Morgan fingerprint density at radius 3 is 1.75 bits per heavy atom. The molecule has 0 bridgehead atoms. The second-order valence-corrected chi connectivity index (χ2v) is 6.80. The van der Waals surface area contributed by atoms with Gasteiger partial charge in [-0.25, -0.2) is 0 Å². The van der Waals surface area contributed by atoms with Crippen LogP contribution in [0.4, 0.5) is 0 Å². The summed E-state index contributed by atoms with van der Waals surface area (Å²) in [5.74, 6) is 0. The smallest absolute Gasteiger partial charge is 0.00106 e. The maximum absolute atomic E-state index is 3.62. The van der Waals surface area contributed by atoms with E-state index in [4.69, 9.17) is 0 Å². The highest BCUT2D eigenvalue weighted by Crippen LogP contribution is 2.35. The molecular weight excluding hydrogens is 194 g/mol. The maximum atomic E-state index is 3.62. The molecule has 1 nitrogen and oxygen atoms in total. The van der Waals surface area contributed by atoms with E-state index in [0.29, 0.717) is 16.9 Å². The van der Waals surface area contributed by atoms with Gasteiger partial charge in [-0.2, -0.15) is 0 Å². The van der Waals surface area contributed by atoms with E-state index in [-0.39, 0.29) is 0 Å². The molecule has 0 spiro atoms. The third-order valence-corrected chi connectivity index (χ3v) is 3.79. The molecule has 0 atom stereocenters. The van der Waals surface area contributed by atoms with E-state index >= 15 is 0 Å². The molecule has 0 saturated heterocycles. The van der Waals surface area contributed by atoms with Crippen LogP contribution >= 0.6 is 0 Å². The molecule has 0 aromatic heterocycles. The van der Waals surface area contributed by atoms with Gasteiger partial charge >= 0.3 is 0 Å². The average Bonchev–Trinajstić information content (AvgIpc) is 2.18. The summed E-state index contributed by atoms with van der Waals surface area (Å²) in [6.07, 6.45) is 5.26. The molecule has 0 unspecified atom stereocenters. The van der Waals surface area contributed by atoms with Crippen molar-refractivity contribution in [2.24, 2.45) is 10.8 Å². The first-order chi connectivity index (χ1) is 7.24. The third-order valence-electron chi connectivity index (χ3n) is 3.79. The lowest BCUT2D eigenvalue weighted by Crippen LogP contribution is -2.37. The van der Waals surface area contributed by atoms with Crippen LogP contribution in [0.15, 0.2) is 0 Å². The average molecular weight is 227 g/mol. The van der Waals surface area contributed by atoms with Crippen LogP contribution in [0, 0.1) is 10.8 Å². The summed E-state index contributed by atoms with van der Waals surface area (Å²) in [7, 11) is 0. The van der Waals surface area contributed by atoms with Crippen molar-refractivity contribution in [3.63, 3.8) is 0 Å². The molecular formula is C15H33N. The first-order valence-corrected chi connectivity index (χ1v) is 6.98. The zero-order chi connectivity index (χ0) is 12.8. The van der Waals surface area contributed by atoms with Crippen molar-refractivity contribution < 1.29 is 0 Å². The Labute approximate surface area is 103 Å². The van der Waals surface area contributed by atoms with Gasteiger partial charge in [0.15, 0.2) is 0 Å². The lowest BCUT2D eigenvalue weighted by molar-refractivity contribution is 0.185. The minimum Gasteiger partial charge on any atom is -0.314 e. The van der Waals surface area contributed by atoms with Crippen molar-refractivity contribution in [2.45, 2.75) is 80.2 Å². The molecule has 0 aromatic rings. The lowest BCUT2D eigenvalue weighted by atomic mass is 9.74. The minimum absolute atomic E-state index is 0.466. The number of nitrogens with one attached hydrogen (secondary N) is 1.